The van der Waals surface area contributed by atoms with Gasteiger partial charge in [0, 0.05) is 0 Å². The highest BCUT2D eigenvalue weighted by atomic mass is 14.8. The van der Waals surface area contributed by atoms with Gasteiger partial charge in [0.1, 0.15) is 0 Å². The Bertz CT molecular complexity index is 237. The minimum Gasteiger partial charge on any atom is -0.316 e. The van der Waals surface area contributed by atoms with Gasteiger partial charge in [-0.1, -0.05) is 130 Å². The summed E-state index contributed by atoms with van der Waals surface area (Å²) in [6.45, 7) is 9.45. The molecule has 0 atom stereocenters. The second-order valence-electron chi connectivity index (χ2n) is 8.95. The molecule has 0 saturated heterocycles. The fourth-order valence-electron chi connectivity index (χ4n) is 4.11. The molecule has 0 aliphatic rings. The average Bonchev–Trinajstić information content (AvgIpc) is 2.68. The summed E-state index contributed by atoms with van der Waals surface area (Å²) in [4.78, 5) is 0. The van der Waals surface area contributed by atoms with Crippen LogP contribution in [-0.2, 0) is 0 Å². The summed E-state index contributed by atoms with van der Waals surface area (Å²) < 4.78 is 0. The second-order valence-corrected chi connectivity index (χ2v) is 8.95. The Balaban J connectivity index is 3.68. The molecule has 164 valence electrons. The lowest BCUT2D eigenvalue weighted by atomic mass is 9.94. The van der Waals surface area contributed by atoms with Crippen LogP contribution in [0.3, 0.4) is 0 Å². The van der Waals surface area contributed by atoms with Crippen molar-refractivity contribution in [2.24, 2.45) is 5.92 Å². The van der Waals surface area contributed by atoms with Crippen LogP contribution in [0.4, 0.5) is 0 Å². The van der Waals surface area contributed by atoms with Gasteiger partial charge in [0.05, 0.1) is 0 Å². The Labute approximate surface area is 173 Å². The molecule has 0 aliphatic carbocycles. The van der Waals surface area contributed by atoms with Gasteiger partial charge in [-0.05, 0) is 38.3 Å². The lowest BCUT2D eigenvalue weighted by Crippen LogP contribution is -2.24. The maximum Gasteiger partial charge on any atom is -0.00205 e. The van der Waals surface area contributed by atoms with Gasteiger partial charge in [-0.15, -0.1) is 0 Å². The lowest BCUT2D eigenvalue weighted by Gasteiger charge is -2.18. The van der Waals surface area contributed by atoms with Crippen LogP contribution in [0.5, 0.6) is 0 Å². The molecule has 0 rings (SSSR count). The van der Waals surface area contributed by atoms with Crippen molar-refractivity contribution in [2.45, 2.75) is 149 Å². The molecular formula is C26H55N. The molecule has 0 aromatic carbocycles. The molecule has 0 aliphatic heterocycles. The third kappa shape index (κ3) is 22.1. The molecule has 0 spiro atoms. The van der Waals surface area contributed by atoms with Crippen molar-refractivity contribution < 1.29 is 0 Å². The zero-order valence-corrected chi connectivity index (χ0v) is 19.6. The Hall–Kier alpha value is -0.0400. The minimum absolute atomic E-state index is 0.933. The van der Waals surface area contributed by atoms with Crippen LogP contribution < -0.4 is 5.32 Å². The molecule has 1 N–H and O–H groups in total. The largest absolute Gasteiger partial charge is 0.316 e. The van der Waals surface area contributed by atoms with Crippen LogP contribution in [0, 0.1) is 5.92 Å². The quantitative estimate of drug-likeness (QED) is 0.174. The van der Waals surface area contributed by atoms with E-state index < -0.39 is 0 Å². The third-order valence-corrected chi connectivity index (χ3v) is 6.07. The molecule has 0 radical (unpaired) electrons. The van der Waals surface area contributed by atoms with E-state index in [4.69, 9.17) is 0 Å². The van der Waals surface area contributed by atoms with E-state index in [9.17, 15) is 0 Å². The van der Waals surface area contributed by atoms with E-state index in [1.54, 1.807) is 0 Å². The van der Waals surface area contributed by atoms with E-state index in [0.29, 0.717) is 0 Å². The first-order valence-electron chi connectivity index (χ1n) is 13.1. The van der Waals surface area contributed by atoms with Gasteiger partial charge in [0.15, 0.2) is 0 Å². The summed E-state index contributed by atoms with van der Waals surface area (Å²) in [5.41, 5.74) is 0. The highest BCUT2D eigenvalue weighted by Gasteiger charge is 2.08. The predicted octanol–water partition coefficient (Wildman–Crippen LogP) is 9.05. The molecule has 1 heteroatoms. The molecular weight excluding hydrogens is 326 g/mol. The Kier molecular flexibility index (Phi) is 24.0. The Morgan fingerprint density at radius 3 is 1.26 bits per heavy atom. The molecule has 0 amide bonds. The fraction of sp³-hybridized carbons (Fsp3) is 1.00. The van der Waals surface area contributed by atoms with Crippen LogP contribution in [0.15, 0.2) is 0 Å². The van der Waals surface area contributed by atoms with Gasteiger partial charge in [-0.2, -0.15) is 0 Å². The predicted molar refractivity (Wildman–Crippen MR) is 126 cm³/mol. The molecule has 0 aromatic heterocycles. The van der Waals surface area contributed by atoms with Gasteiger partial charge in [0.25, 0.3) is 0 Å². The van der Waals surface area contributed by atoms with Crippen molar-refractivity contribution in [3.05, 3.63) is 0 Å². The van der Waals surface area contributed by atoms with E-state index in [1.165, 1.54) is 142 Å². The van der Waals surface area contributed by atoms with E-state index in [0.717, 1.165) is 5.92 Å². The van der Waals surface area contributed by atoms with E-state index in [-0.39, 0.29) is 0 Å². The van der Waals surface area contributed by atoms with Gasteiger partial charge in [-0.3, -0.25) is 0 Å². The number of rotatable bonds is 23. The van der Waals surface area contributed by atoms with Crippen LogP contribution in [0.2, 0.25) is 0 Å². The zero-order valence-electron chi connectivity index (χ0n) is 19.6. The lowest BCUT2D eigenvalue weighted by molar-refractivity contribution is 0.380. The molecule has 0 aromatic rings. The molecule has 0 saturated carbocycles. The summed E-state index contributed by atoms with van der Waals surface area (Å²) in [6.07, 6.45) is 28.6. The molecule has 0 heterocycles. The Morgan fingerprint density at radius 1 is 0.444 bits per heavy atom. The summed E-state index contributed by atoms with van der Waals surface area (Å²) in [7, 11) is 0. The van der Waals surface area contributed by atoms with Gasteiger partial charge in [-0.25, -0.2) is 0 Å². The highest BCUT2D eigenvalue weighted by molar-refractivity contribution is 4.64. The van der Waals surface area contributed by atoms with Crippen molar-refractivity contribution >= 4 is 0 Å². The number of hydrogen-bond donors (Lipinski definition) is 1. The highest BCUT2D eigenvalue weighted by Crippen LogP contribution is 2.18. The summed E-state index contributed by atoms with van der Waals surface area (Å²) in [5, 5.41) is 3.80. The van der Waals surface area contributed by atoms with Crippen LogP contribution in [-0.4, -0.2) is 13.1 Å². The SMILES string of the molecule is CCCCCCCCCCNCC(CCCCCCC)CCCCCCC. The standard InChI is InChI=1S/C26H55N/c1-4-7-10-13-14-15-18-21-24-27-25-26(22-19-16-11-8-5-2)23-20-17-12-9-6-3/h26-27H,4-25H2,1-3H3. The molecule has 1 nitrogen and oxygen atoms in total. The van der Waals surface area contributed by atoms with Crippen LogP contribution in [0.1, 0.15) is 149 Å². The van der Waals surface area contributed by atoms with Crippen LogP contribution in [0.25, 0.3) is 0 Å². The Morgan fingerprint density at radius 2 is 0.815 bits per heavy atom. The van der Waals surface area contributed by atoms with E-state index >= 15 is 0 Å². The number of hydrogen-bond acceptors (Lipinski definition) is 1. The molecule has 0 unspecified atom stereocenters. The summed E-state index contributed by atoms with van der Waals surface area (Å²) >= 11 is 0. The normalized spacial score (nSPS) is 11.6. The molecule has 0 fully saturated rings. The van der Waals surface area contributed by atoms with Gasteiger partial charge in [0.2, 0.25) is 0 Å². The first-order valence-corrected chi connectivity index (χ1v) is 13.1. The topological polar surface area (TPSA) is 12.0 Å². The van der Waals surface area contributed by atoms with E-state index in [2.05, 4.69) is 26.1 Å². The molecule has 27 heavy (non-hydrogen) atoms. The molecule has 0 bridgehead atoms. The van der Waals surface area contributed by atoms with Crippen molar-refractivity contribution in [2.75, 3.05) is 13.1 Å². The number of nitrogens with one attached hydrogen (secondary N) is 1. The van der Waals surface area contributed by atoms with Crippen molar-refractivity contribution in [1.29, 1.82) is 0 Å². The number of unbranched alkanes of at least 4 members (excludes halogenated alkanes) is 15. The van der Waals surface area contributed by atoms with Crippen molar-refractivity contribution in [3.63, 3.8) is 0 Å². The summed E-state index contributed by atoms with van der Waals surface area (Å²) in [5.74, 6) is 0.933. The first kappa shape index (κ1) is 27.0. The average molecular weight is 382 g/mol. The third-order valence-electron chi connectivity index (χ3n) is 6.07. The van der Waals surface area contributed by atoms with Crippen molar-refractivity contribution in [1.82, 2.24) is 5.32 Å². The second kappa shape index (κ2) is 24.0. The first-order chi connectivity index (χ1) is 13.3. The summed E-state index contributed by atoms with van der Waals surface area (Å²) in [6, 6.07) is 0. The fourth-order valence-corrected chi connectivity index (χ4v) is 4.11. The van der Waals surface area contributed by atoms with Crippen LogP contribution >= 0.6 is 0 Å². The maximum atomic E-state index is 3.80. The smallest absolute Gasteiger partial charge is 0.00205 e. The van der Waals surface area contributed by atoms with Gasteiger partial charge >= 0.3 is 0 Å². The van der Waals surface area contributed by atoms with E-state index in [1.807, 2.05) is 0 Å². The maximum absolute atomic E-state index is 3.80. The van der Waals surface area contributed by atoms with Crippen molar-refractivity contribution in [3.8, 4) is 0 Å². The zero-order chi connectivity index (χ0) is 19.8. The monoisotopic (exact) mass is 381 g/mol. The minimum atomic E-state index is 0.933. The van der Waals surface area contributed by atoms with Gasteiger partial charge < -0.3 is 5.32 Å².